The number of halogens is 2. The molecule has 1 aromatic carbocycles. The number of thiophene rings is 1. The molecule has 4 nitrogen and oxygen atoms in total. The highest BCUT2D eigenvalue weighted by molar-refractivity contribution is 9.10. The van der Waals surface area contributed by atoms with E-state index >= 15 is 0 Å². The Labute approximate surface area is 128 Å². The molecule has 2 rings (SSSR count). The highest BCUT2D eigenvalue weighted by Gasteiger charge is 2.20. The first kappa shape index (κ1) is 14.8. The van der Waals surface area contributed by atoms with E-state index < -0.39 is 10.0 Å². The van der Waals surface area contributed by atoms with Crippen molar-refractivity contribution in [2.75, 3.05) is 4.72 Å². The Kier molecular flexibility index (Phi) is 4.52. The molecule has 3 N–H and O–H groups in total. The monoisotopic (exact) mass is 380 g/mol. The third-order valence-electron chi connectivity index (χ3n) is 2.38. The number of sulfonamides is 1. The van der Waals surface area contributed by atoms with E-state index in [-0.39, 0.29) is 11.4 Å². The van der Waals surface area contributed by atoms with E-state index in [1.54, 1.807) is 23.6 Å². The van der Waals surface area contributed by atoms with Gasteiger partial charge in [-0.15, -0.1) is 11.3 Å². The summed E-state index contributed by atoms with van der Waals surface area (Å²) in [6.45, 7) is 0.185. The summed E-state index contributed by atoms with van der Waals surface area (Å²) in [5.74, 6) is 0. The van der Waals surface area contributed by atoms with Gasteiger partial charge in [0.1, 0.15) is 4.90 Å². The van der Waals surface area contributed by atoms with Crippen molar-refractivity contribution in [2.45, 2.75) is 11.4 Å². The maximum Gasteiger partial charge on any atom is 0.263 e. The Bertz CT molecular complexity index is 700. The molecule has 0 saturated carbocycles. The second-order valence-corrected chi connectivity index (χ2v) is 7.47. The maximum atomic E-state index is 12.3. The van der Waals surface area contributed by atoms with Crippen LogP contribution in [0.15, 0.2) is 39.0 Å². The van der Waals surface area contributed by atoms with Crippen molar-refractivity contribution in [3.63, 3.8) is 0 Å². The lowest BCUT2D eigenvalue weighted by Gasteiger charge is -2.10. The molecule has 0 aliphatic heterocycles. The number of nitrogens with two attached hydrogens (primary N) is 1. The van der Waals surface area contributed by atoms with Gasteiger partial charge >= 0.3 is 0 Å². The highest BCUT2D eigenvalue weighted by Crippen LogP contribution is 2.32. The fourth-order valence-corrected chi connectivity index (χ4v) is 4.58. The van der Waals surface area contributed by atoms with Crippen LogP contribution in [0, 0.1) is 0 Å². The SMILES string of the molecule is NCc1sccc1S(=O)(=O)Nc1cccc(Cl)c1Br. The van der Waals surface area contributed by atoms with E-state index in [9.17, 15) is 8.42 Å². The Hall–Kier alpha value is -0.600. The van der Waals surface area contributed by atoms with Crippen LogP contribution in [0.3, 0.4) is 0 Å². The Morgan fingerprint density at radius 2 is 2.11 bits per heavy atom. The minimum Gasteiger partial charge on any atom is -0.326 e. The molecule has 102 valence electrons. The first-order chi connectivity index (χ1) is 8.95. The number of hydrogen-bond acceptors (Lipinski definition) is 4. The van der Waals surface area contributed by atoms with Gasteiger partial charge in [-0.25, -0.2) is 8.42 Å². The molecule has 0 unspecified atom stereocenters. The predicted octanol–water partition coefficient (Wildman–Crippen LogP) is 3.42. The van der Waals surface area contributed by atoms with Crippen LogP contribution >= 0.6 is 38.9 Å². The molecule has 0 aliphatic rings. The summed E-state index contributed by atoms with van der Waals surface area (Å²) in [6.07, 6.45) is 0. The molecule has 0 spiro atoms. The van der Waals surface area contributed by atoms with Crippen LogP contribution in [0.5, 0.6) is 0 Å². The third-order valence-corrected chi connectivity index (χ3v) is 6.30. The van der Waals surface area contributed by atoms with Crippen molar-refractivity contribution in [3.05, 3.63) is 44.0 Å². The molecule has 1 heterocycles. The molecule has 0 aliphatic carbocycles. The number of benzene rings is 1. The van der Waals surface area contributed by atoms with Gasteiger partial charge < -0.3 is 5.73 Å². The minimum absolute atomic E-state index is 0.185. The molecule has 2 aromatic rings. The van der Waals surface area contributed by atoms with E-state index in [4.69, 9.17) is 17.3 Å². The van der Waals surface area contributed by atoms with Crippen LogP contribution in [-0.4, -0.2) is 8.42 Å². The topological polar surface area (TPSA) is 72.2 Å². The van der Waals surface area contributed by atoms with Crippen molar-refractivity contribution in [1.29, 1.82) is 0 Å². The molecule has 0 radical (unpaired) electrons. The molecule has 0 saturated heterocycles. The zero-order chi connectivity index (χ0) is 14.0. The summed E-state index contributed by atoms with van der Waals surface area (Å²) in [7, 11) is -3.66. The normalized spacial score (nSPS) is 11.5. The summed E-state index contributed by atoms with van der Waals surface area (Å²) < 4.78 is 27.6. The van der Waals surface area contributed by atoms with Crippen molar-refractivity contribution < 1.29 is 8.42 Å². The molecular formula is C11H10BrClN2O2S2. The summed E-state index contributed by atoms with van der Waals surface area (Å²) in [4.78, 5) is 0.817. The molecule has 0 amide bonds. The lowest BCUT2D eigenvalue weighted by molar-refractivity contribution is 0.600. The second-order valence-electron chi connectivity index (χ2n) is 3.62. The molecule has 8 heteroatoms. The summed E-state index contributed by atoms with van der Waals surface area (Å²) in [5, 5.41) is 2.13. The Morgan fingerprint density at radius 1 is 1.37 bits per heavy atom. The van der Waals surface area contributed by atoms with E-state index in [0.717, 1.165) is 0 Å². The fraction of sp³-hybridized carbons (Fsp3) is 0.0909. The summed E-state index contributed by atoms with van der Waals surface area (Å²) in [5.41, 5.74) is 5.92. The summed E-state index contributed by atoms with van der Waals surface area (Å²) in [6, 6.07) is 6.50. The highest BCUT2D eigenvalue weighted by atomic mass is 79.9. The number of anilines is 1. The quantitative estimate of drug-likeness (QED) is 0.852. The van der Waals surface area contributed by atoms with Crippen LogP contribution in [0.2, 0.25) is 5.02 Å². The van der Waals surface area contributed by atoms with Gasteiger partial charge in [-0.05, 0) is 39.5 Å². The number of hydrogen-bond donors (Lipinski definition) is 2. The van der Waals surface area contributed by atoms with Crippen LogP contribution < -0.4 is 10.5 Å². The average Bonchev–Trinajstić information content (AvgIpc) is 2.84. The van der Waals surface area contributed by atoms with E-state index in [0.29, 0.717) is 20.1 Å². The fourth-order valence-electron chi connectivity index (χ4n) is 1.50. The molecule has 0 atom stereocenters. The molecule has 0 bridgehead atoms. The van der Waals surface area contributed by atoms with Crippen LogP contribution in [0.1, 0.15) is 4.88 Å². The van der Waals surface area contributed by atoms with Gasteiger partial charge in [0.25, 0.3) is 10.0 Å². The van der Waals surface area contributed by atoms with Crippen molar-refractivity contribution >= 4 is 54.6 Å². The van der Waals surface area contributed by atoms with E-state index in [2.05, 4.69) is 20.7 Å². The average molecular weight is 382 g/mol. The first-order valence-electron chi connectivity index (χ1n) is 5.19. The van der Waals surface area contributed by atoms with Crippen molar-refractivity contribution in [3.8, 4) is 0 Å². The van der Waals surface area contributed by atoms with Gasteiger partial charge in [-0.1, -0.05) is 17.7 Å². The molecule has 1 aromatic heterocycles. The first-order valence-corrected chi connectivity index (χ1v) is 8.72. The van der Waals surface area contributed by atoms with Gasteiger partial charge in [-0.3, -0.25) is 4.72 Å². The lowest BCUT2D eigenvalue weighted by atomic mass is 10.3. The minimum atomic E-state index is -3.66. The number of nitrogens with one attached hydrogen (secondary N) is 1. The largest absolute Gasteiger partial charge is 0.326 e. The van der Waals surface area contributed by atoms with Gasteiger partial charge in [0.2, 0.25) is 0 Å². The Balaban J connectivity index is 2.40. The summed E-state index contributed by atoms with van der Waals surface area (Å²) >= 11 is 10.5. The van der Waals surface area contributed by atoms with E-state index in [1.807, 2.05) is 0 Å². The van der Waals surface area contributed by atoms with E-state index in [1.165, 1.54) is 17.4 Å². The molecule has 0 fully saturated rings. The van der Waals surface area contributed by atoms with Gasteiger partial charge in [0.05, 0.1) is 15.2 Å². The zero-order valence-electron chi connectivity index (χ0n) is 9.56. The van der Waals surface area contributed by atoms with Crippen molar-refractivity contribution in [2.24, 2.45) is 5.73 Å². The predicted molar refractivity (Wildman–Crippen MR) is 82.2 cm³/mol. The Morgan fingerprint density at radius 3 is 2.79 bits per heavy atom. The number of rotatable bonds is 4. The third kappa shape index (κ3) is 3.11. The van der Waals surface area contributed by atoms with Crippen LogP contribution in [0.25, 0.3) is 0 Å². The standard InChI is InChI=1S/C11H10BrClN2O2S2/c12-11-7(13)2-1-3-8(11)15-19(16,17)10-4-5-18-9(10)6-14/h1-5,15H,6,14H2. The lowest BCUT2D eigenvalue weighted by Crippen LogP contribution is -2.15. The van der Waals surface area contributed by atoms with Crippen LogP contribution in [0.4, 0.5) is 5.69 Å². The van der Waals surface area contributed by atoms with Gasteiger partial charge in [0.15, 0.2) is 0 Å². The van der Waals surface area contributed by atoms with Crippen molar-refractivity contribution in [1.82, 2.24) is 0 Å². The van der Waals surface area contributed by atoms with Gasteiger partial charge in [0, 0.05) is 11.4 Å². The second kappa shape index (κ2) is 5.80. The van der Waals surface area contributed by atoms with Gasteiger partial charge in [-0.2, -0.15) is 0 Å². The van der Waals surface area contributed by atoms with Crippen LogP contribution in [-0.2, 0) is 16.6 Å². The maximum absolute atomic E-state index is 12.3. The molecule has 19 heavy (non-hydrogen) atoms. The zero-order valence-corrected chi connectivity index (χ0v) is 13.5. The smallest absolute Gasteiger partial charge is 0.263 e. The molecular weight excluding hydrogens is 372 g/mol.